The third kappa shape index (κ3) is 9.63. The van der Waals surface area contributed by atoms with Crippen LogP contribution in [0.5, 0.6) is 0 Å². The molecule has 0 atom stereocenters. The van der Waals surface area contributed by atoms with Gasteiger partial charge >= 0.3 is 33.3 Å². The summed E-state index contributed by atoms with van der Waals surface area (Å²) in [5.74, 6) is -0.438. The number of carbonyl (C=O) groups is 1. The van der Waals surface area contributed by atoms with Crippen molar-refractivity contribution in [3.05, 3.63) is 0 Å². The normalized spacial score (nSPS) is 8.38. The van der Waals surface area contributed by atoms with Crippen molar-refractivity contribution in [3.8, 4) is 0 Å². The summed E-state index contributed by atoms with van der Waals surface area (Å²) in [6.45, 7) is 3.77. The zero-order valence-electron chi connectivity index (χ0n) is 5.35. The van der Waals surface area contributed by atoms with Gasteiger partial charge in [0.2, 0.25) is 0 Å². The second-order valence-corrected chi connectivity index (χ2v) is 1.99. The molecule has 8 heavy (non-hydrogen) atoms. The van der Waals surface area contributed by atoms with Crippen LogP contribution in [0.3, 0.4) is 0 Å². The fraction of sp³-hybridized carbons (Fsp3) is 0.800. The summed E-state index contributed by atoms with van der Waals surface area (Å²) in [4.78, 5) is 9.81. The number of carboxylic acid groups (broad SMARTS) is 1. The van der Waals surface area contributed by atoms with Crippen LogP contribution in [0.25, 0.3) is 0 Å². The molecule has 0 aromatic rings. The zero-order chi connectivity index (χ0) is 5.86. The van der Waals surface area contributed by atoms with Gasteiger partial charge in [-0.25, -0.2) is 0 Å². The van der Waals surface area contributed by atoms with Gasteiger partial charge in [0.1, 0.15) is 0 Å². The maximum absolute atomic E-state index is 9.81. The van der Waals surface area contributed by atoms with Crippen molar-refractivity contribution in [2.75, 3.05) is 0 Å². The summed E-state index contributed by atoms with van der Waals surface area (Å²) in [5.41, 5.74) is 0. The van der Waals surface area contributed by atoms with Gasteiger partial charge in [0, 0.05) is 6.42 Å². The van der Waals surface area contributed by atoms with E-state index in [-0.39, 0.29) is 39.6 Å². The average Bonchev–Trinajstić information content (AvgIpc) is 1.27. The van der Waals surface area contributed by atoms with Crippen LogP contribution in [0.1, 0.15) is 20.3 Å². The number of rotatable bonds is 2. The molecule has 0 aliphatic rings. The molecular weight excluding hydrogens is 299 g/mol. The molecule has 0 spiro atoms. The fourth-order valence-electron chi connectivity index (χ4n) is 0.349. The van der Waals surface area contributed by atoms with Crippen LogP contribution in [0.2, 0.25) is 0 Å². The SMILES string of the molecule is CC(C)CC(=O)O.[PbH2]. The Bertz CT molecular complexity index is 70.8. The van der Waals surface area contributed by atoms with Gasteiger partial charge in [0.25, 0.3) is 0 Å². The Hall–Kier alpha value is 0.392. The minimum atomic E-state index is -0.713. The van der Waals surface area contributed by atoms with Crippen LogP contribution in [-0.4, -0.2) is 38.4 Å². The third-order valence-electron chi connectivity index (χ3n) is 0.583. The van der Waals surface area contributed by atoms with E-state index in [1.54, 1.807) is 0 Å². The summed E-state index contributed by atoms with van der Waals surface area (Å²) < 4.78 is 0. The molecule has 0 aliphatic heterocycles. The first-order valence-electron chi connectivity index (χ1n) is 2.34. The topological polar surface area (TPSA) is 37.3 Å². The molecule has 0 aliphatic carbocycles. The molecule has 2 nitrogen and oxygen atoms in total. The Labute approximate surface area is 69.4 Å². The predicted octanol–water partition coefficient (Wildman–Crippen LogP) is 0.201. The molecular formula is C5H12O2Pb. The predicted molar refractivity (Wildman–Crippen MR) is 35.6 cm³/mol. The van der Waals surface area contributed by atoms with Crippen LogP contribution < -0.4 is 0 Å². The van der Waals surface area contributed by atoms with Gasteiger partial charge in [0.05, 0.1) is 0 Å². The Morgan fingerprint density at radius 3 is 2.00 bits per heavy atom. The zero-order valence-corrected chi connectivity index (χ0v) is 10.8. The molecule has 1 N–H and O–H groups in total. The molecule has 0 fully saturated rings. The molecule has 0 aromatic carbocycles. The van der Waals surface area contributed by atoms with Gasteiger partial charge in [-0.15, -0.1) is 0 Å². The molecule has 0 saturated carbocycles. The van der Waals surface area contributed by atoms with Crippen LogP contribution in [0.15, 0.2) is 0 Å². The molecule has 0 rings (SSSR count). The second-order valence-electron chi connectivity index (χ2n) is 1.99. The van der Waals surface area contributed by atoms with E-state index in [1.165, 1.54) is 0 Å². The quantitative estimate of drug-likeness (QED) is 0.740. The fourth-order valence-corrected chi connectivity index (χ4v) is 0.349. The molecule has 0 aromatic heterocycles. The van der Waals surface area contributed by atoms with Crippen molar-refractivity contribution in [1.82, 2.24) is 0 Å². The molecule has 2 radical (unpaired) electrons. The van der Waals surface area contributed by atoms with Gasteiger partial charge in [-0.2, -0.15) is 0 Å². The Kier molecular flexibility index (Phi) is 7.75. The number of carboxylic acids is 1. The standard InChI is InChI=1S/C5H10O2.Pb.2H/c1-4(2)3-5(6)7;;;/h4H,3H2,1-2H3,(H,6,7);;;. The first-order chi connectivity index (χ1) is 3.13. The molecule has 0 unspecified atom stereocenters. The molecule has 3 heteroatoms. The van der Waals surface area contributed by atoms with Crippen LogP contribution in [-0.2, 0) is 4.79 Å². The summed E-state index contributed by atoms with van der Waals surface area (Å²) in [6.07, 6.45) is 0.278. The van der Waals surface area contributed by atoms with Gasteiger partial charge in [0.15, 0.2) is 0 Å². The number of aliphatic carboxylic acids is 1. The Morgan fingerprint density at radius 1 is 1.62 bits per heavy atom. The van der Waals surface area contributed by atoms with E-state index in [0.29, 0.717) is 0 Å². The van der Waals surface area contributed by atoms with Crippen LogP contribution in [0.4, 0.5) is 0 Å². The van der Waals surface area contributed by atoms with Gasteiger partial charge in [-0.3, -0.25) is 4.79 Å². The van der Waals surface area contributed by atoms with Gasteiger partial charge < -0.3 is 5.11 Å². The third-order valence-corrected chi connectivity index (χ3v) is 0.583. The van der Waals surface area contributed by atoms with E-state index >= 15 is 0 Å². The number of hydrogen-bond donors (Lipinski definition) is 1. The van der Waals surface area contributed by atoms with Crippen LogP contribution in [0, 0.1) is 5.92 Å². The molecule has 0 saturated heterocycles. The first kappa shape index (κ1) is 11.2. The Balaban J connectivity index is 0. The van der Waals surface area contributed by atoms with Crippen molar-refractivity contribution in [2.45, 2.75) is 20.3 Å². The van der Waals surface area contributed by atoms with Crippen molar-refractivity contribution >= 4 is 33.3 Å². The average molecular weight is 311 g/mol. The van der Waals surface area contributed by atoms with E-state index in [4.69, 9.17) is 5.11 Å². The van der Waals surface area contributed by atoms with Crippen molar-refractivity contribution in [2.24, 2.45) is 5.92 Å². The number of hydrogen-bond acceptors (Lipinski definition) is 1. The monoisotopic (exact) mass is 312 g/mol. The van der Waals surface area contributed by atoms with Crippen molar-refractivity contribution in [1.29, 1.82) is 0 Å². The van der Waals surface area contributed by atoms with E-state index in [2.05, 4.69) is 0 Å². The van der Waals surface area contributed by atoms with Crippen molar-refractivity contribution in [3.63, 3.8) is 0 Å². The van der Waals surface area contributed by atoms with Crippen molar-refractivity contribution < 1.29 is 9.90 Å². The van der Waals surface area contributed by atoms with E-state index in [1.807, 2.05) is 13.8 Å². The van der Waals surface area contributed by atoms with Crippen LogP contribution >= 0.6 is 0 Å². The summed E-state index contributed by atoms with van der Waals surface area (Å²) >= 11 is 0. The van der Waals surface area contributed by atoms with Gasteiger partial charge in [-0.05, 0) is 5.92 Å². The Morgan fingerprint density at radius 2 is 2.00 bits per heavy atom. The van der Waals surface area contributed by atoms with E-state index < -0.39 is 5.97 Å². The van der Waals surface area contributed by atoms with E-state index in [0.717, 1.165) is 0 Å². The van der Waals surface area contributed by atoms with Gasteiger partial charge in [-0.1, -0.05) is 13.8 Å². The summed E-state index contributed by atoms with van der Waals surface area (Å²) in [5, 5.41) is 8.08. The molecule has 0 heterocycles. The maximum atomic E-state index is 9.81. The van der Waals surface area contributed by atoms with E-state index in [9.17, 15) is 4.79 Å². The molecule has 0 amide bonds. The summed E-state index contributed by atoms with van der Waals surface area (Å²) in [7, 11) is 0. The second kappa shape index (κ2) is 5.53. The first-order valence-corrected chi connectivity index (χ1v) is 2.34. The molecule has 0 bridgehead atoms. The summed E-state index contributed by atoms with van der Waals surface area (Å²) in [6, 6.07) is 0. The molecule has 48 valence electrons. The minimum absolute atomic E-state index is 0.